The Hall–Kier alpha value is -7.94. The van der Waals surface area contributed by atoms with Gasteiger partial charge in [0, 0.05) is 27.8 Å². The van der Waals surface area contributed by atoms with Gasteiger partial charge in [0.2, 0.25) is 0 Å². The van der Waals surface area contributed by atoms with Gasteiger partial charge in [-0.2, -0.15) is 0 Å². The SMILES string of the molecule is [2H]c1c([2H])c([2H])c(-c2ccc(N(c3ccc4c(c3)c3ccccc3n4-c3ccc4ccccc4c3)c3ccccc3C3(c4ccccc4)c4ccccc4-c4ccccc43)cc2)c([2H])c1[2H]. The number of fused-ring (bicyclic) bond motifs is 7. The largest absolute Gasteiger partial charge is 0.310 e. The Morgan fingerprint density at radius 2 is 1.02 bits per heavy atom. The molecule has 61 heavy (non-hydrogen) atoms. The van der Waals surface area contributed by atoms with Gasteiger partial charge in [-0.25, -0.2) is 0 Å². The lowest BCUT2D eigenvalue weighted by molar-refractivity contribution is 0.768. The summed E-state index contributed by atoms with van der Waals surface area (Å²) in [6.45, 7) is 0. The van der Waals surface area contributed by atoms with Crippen LogP contribution in [0.25, 0.3) is 60.5 Å². The van der Waals surface area contributed by atoms with Gasteiger partial charge in [0.15, 0.2) is 0 Å². The van der Waals surface area contributed by atoms with Crippen LogP contribution < -0.4 is 4.90 Å². The fraction of sp³-hybridized carbons (Fsp3) is 0.0169. The van der Waals surface area contributed by atoms with Crippen molar-refractivity contribution in [3.8, 4) is 27.9 Å². The second-order valence-electron chi connectivity index (χ2n) is 15.7. The minimum atomic E-state index is -0.702. The van der Waals surface area contributed by atoms with Crippen LogP contribution >= 0.6 is 0 Å². The lowest BCUT2D eigenvalue weighted by Crippen LogP contribution is -2.30. The van der Waals surface area contributed by atoms with Crippen LogP contribution in [0.2, 0.25) is 0 Å². The number of para-hydroxylation sites is 2. The lowest BCUT2D eigenvalue weighted by atomic mass is 9.67. The quantitative estimate of drug-likeness (QED) is 0.156. The van der Waals surface area contributed by atoms with E-state index in [4.69, 9.17) is 6.85 Å². The first-order chi connectivity index (χ1) is 32.3. The standard InChI is InChI=1S/C59H40N2/c1-3-17-41(18-4-1)43-31-34-46(35-32-43)60(48-37-38-57-52(40-48)51-25-11-15-29-56(51)61(57)47-36-33-42-19-7-8-20-44(42)39-47)58-30-16-14-28-55(58)59(45-21-5-2-6-22-45)53-26-12-9-23-49(53)50-24-10-13-27-54(50)59/h1-40H/i1D,3D,4D,17D,18D. The lowest BCUT2D eigenvalue weighted by Gasteiger charge is -2.38. The van der Waals surface area contributed by atoms with Crippen molar-refractivity contribution < 1.29 is 6.85 Å². The summed E-state index contributed by atoms with van der Waals surface area (Å²) >= 11 is 0. The van der Waals surface area contributed by atoms with Crippen LogP contribution in [0.4, 0.5) is 17.1 Å². The first kappa shape index (κ1) is 30.2. The molecule has 0 fully saturated rings. The molecular formula is C59H40N2. The summed E-state index contributed by atoms with van der Waals surface area (Å²) in [5, 5.41) is 4.60. The molecule has 0 radical (unpaired) electrons. The zero-order chi connectivity index (χ0) is 44.7. The Kier molecular flexibility index (Phi) is 6.98. The van der Waals surface area contributed by atoms with Gasteiger partial charge in [0.25, 0.3) is 0 Å². The Labute approximate surface area is 362 Å². The molecule has 0 atom stereocenters. The number of benzene rings is 10. The molecule has 0 N–H and O–H groups in total. The maximum atomic E-state index is 8.79. The Morgan fingerprint density at radius 1 is 0.410 bits per heavy atom. The summed E-state index contributed by atoms with van der Waals surface area (Å²) in [5.41, 5.74) is 13.1. The summed E-state index contributed by atoms with van der Waals surface area (Å²) in [5.74, 6) is 0. The highest BCUT2D eigenvalue weighted by atomic mass is 15.1. The minimum absolute atomic E-state index is 0.171. The van der Waals surface area contributed by atoms with Crippen molar-refractivity contribution in [2.45, 2.75) is 5.41 Å². The second kappa shape index (κ2) is 14.1. The highest BCUT2D eigenvalue weighted by Gasteiger charge is 2.47. The van der Waals surface area contributed by atoms with Crippen molar-refractivity contribution in [1.29, 1.82) is 0 Å². The van der Waals surface area contributed by atoms with Gasteiger partial charge in [-0.3, -0.25) is 0 Å². The van der Waals surface area contributed by atoms with Crippen LogP contribution in [0.1, 0.15) is 29.1 Å². The van der Waals surface area contributed by atoms with E-state index in [9.17, 15) is 0 Å². The molecule has 0 saturated carbocycles. The molecule has 10 aromatic carbocycles. The van der Waals surface area contributed by atoms with Gasteiger partial charge in [-0.1, -0.05) is 188 Å². The highest BCUT2D eigenvalue weighted by molar-refractivity contribution is 6.11. The molecule has 0 unspecified atom stereocenters. The number of anilines is 3. The molecule has 1 aliphatic rings. The molecule has 0 saturated heterocycles. The van der Waals surface area contributed by atoms with E-state index in [2.05, 4.69) is 198 Å². The predicted octanol–water partition coefficient (Wildman–Crippen LogP) is 15.4. The number of nitrogens with zero attached hydrogens (tertiary/aromatic N) is 2. The highest BCUT2D eigenvalue weighted by Crippen LogP contribution is 2.58. The predicted molar refractivity (Wildman–Crippen MR) is 256 cm³/mol. The summed E-state index contributed by atoms with van der Waals surface area (Å²) < 4.78 is 45.0. The smallest absolute Gasteiger partial charge is 0.0733 e. The first-order valence-corrected chi connectivity index (χ1v) is 20.7. The summed E-state index contributed by atoms with van der Waals surface area (Å²) in [6.07, 6.45) is 0. The van der Waals surface area contributed by atoms with E-state index in [1.807, 2.05) is 24.3 Å². The van der Waals surface area contributed by atoms with E-state index in [1.54, 1.807) is 0 Å². The Balaban J connectivity index is 1.13. The van der Waals surface area contributed by atoms with Crippen LogP contribution in [0.15, 0.2) is 243 Å². The third-order valence-corrected chi connectivity index (χ3v) is 12.5. The zero-order valence-corrected chi connectivity index (χ0v) is 33.1. The van der Waals surface area contributed by atoms with Crippen molar-refractivity contribution in [3.05, 3.63) is 265 Å². The molecule has 1 aliphatic carbocycles. The number of hydrogen-bond acceptors (Lipinski definition) is 1. The fourth-order valence-electron chi connectivity index (χ4n) is 9.96. The van der Waals surface area contributed by atoms with Crippen molar-refractivity contribution >= 4 is 49.6 Å². The maximum absolute atomic E-state index is 8.79. The molecule has 0 aliphatic heterocycles. The molecule has 0 amide bonds. The molecule has 286 valence electrons. The van der Waals surface area contributed by atoms with Crippen LogP contribution in [0.5, 0.6) is 0 Å². The van der Waals surface area contributed by atoms with Gasteiger partial charge in [-0.05, 0) is 110 Å². The van der Waals surface area contributed by atoms with E-state index >= 15 is 0 Å². The van der Waals surface area contributed by atoms with E-state index in [0.29, 0.717) is 5.56 Å². The third-order valence-electron chi connectivity index (χ3n) is 12.5. The number of rotatable bonds is 7. The second-order valence-corrected chi connectivity index (χ2v) is 15.7. The van der Waals surface area contributed by atoms with Gasteiger partial charge >= 0.3 is 0 Å². The van der Waals surface area contributed by atoms with E-state index in [-0.39, 0.29) is 29.7 Å². The topological polar surface area (TPSA) is 8.17 Å². The van der Waals surface area contributed by atoms with Crippen molar-refractivity contribution in [1.82, 2.24) is 4.57 Å². The zero-order valence-electron chi connectivity index (χ0n) is 38.1. The first-order valence-electron chi connectivity index (χ1n) is 23.2. The molecule has 12 rings (SSSR count). The van der Waals surface area contributed by atoms with Crippen molar-refractivity contribution in [3.63, 3.8) is 0 Å². The summed E-state index contributed by atoms with van der Waals surface area (Å²) in [6, 6.07) is 73.6. The average Bonchev–Trinajstić information content (AvgIpc) is 3.86. The Morgan fingerprint density at radius 3 is 1.79 bits per heavy atom. The van der Waals surface area contributed by atoms with Gasteiger partial charge in [0.1, 0.15) is 0 Å². The van der Waals surface area contributed by atoms with Crippen molar-refractivity contribution in [2.75, 3.05) is 4.90 Å². The monoisotopic (exact) mass is 781 g/mol. The third kappa shape index (κ3) is 5.43. The molecule has 0 spiro atoms. The fourth-order valence-corrected chi connectivity index (χ4v) is 9.96. The van der Waals surface area contributed by atoms with Crippen LogP contribution in [0.3, 0.4) is 0 Å². The molecule has 2 heteroatoms. The molecule has 1 heterocycles. The molecular weight excluding hydrogens is 737 g/mol. The number of hydrogen-bond donors (Lipinski definition) is 0. The van der Waals surface area contributed by atoms with E-state index < -0.39 is 11.5 Å². The van der Waals surface area contributed by atoms with Crippen LogP contribution in [-0.2, 0) is 5.41 Å². The normalized spacial score (nSPS) is 13.9. The van der Waals surface area contributed by atoms with E-state index in [1.165, 1.54) is 33.0 Å². The van der Waals surface area contributed by atoms with Gasteiger partial charge < -0.3 is 9.47 Å². The minimum Gasteiger partial charge on any atom is -0.310 e. The van der Waals surface area contributed by atoms with Gasteiger partial charge in [0.05, 0.1) is 29.0 Å². The van der Waals surface area contributed by atoms with E-state index in [0.717, 1.165) is 55.7 Å². The molecule has 11 aromatic rings. The summed E-state index contributed by atoms with van der Waals surface area (Å²) in [4.78, 5) is 2.32. The average molecular weight is 782 g/mol. The molecule has 2 nitrogen and oxygen atoms in total. The van der Waals surface area contributed by atoms with Crippen LogP contribution in [0, 0.1) is 0 Å². The molecule has 0 bridgehead atoms. The van der Waals surface area contributed by atoms with Crippen molar-refractivity contribution in [2.24, 2.45) is 0 Å². The Bertz CT molecular complexity index is 3650. The van der Waals surface area contributed by atoms with Gasteiger partial charge in [-0.15, -0.1) is 0 Å². The molecule has 1 aromatic heterocycles. The summed E-state index contributed by atoms with van der Waals surface area (Å²) in [7, 11) is 0. The number of aromatic nitrogens is 1. The maximum Gasteiger partial charge on any atom is 0.0733 e. The van der Waals surface area contributed by atoms with Crippen LogP contribution in [-0.4, -0.2) is 4.57 Å².